The topological polar surface area (TPSA) is 46.2 Å². The summed E-state index contributed by atoms with van der Waals surface area (Å²) in [6.07, 6.45) is 2.93. The molecule has 0 unspecified atom stereocenters. The maximum Gasteiger partial charge on any atom is 0.246 e. The largest absolute Gasteiger partial charge is 0.246 e. The van der Waals surface area contributed by atoms with E-state index in [1.165, 1.54) is 5.56 Å². The third-order valence-corrected chi connectivity index (χ3v) is 5.34. The van der Waals surface area contributed by atoms with Gasteiger partial charge in [0.15, 0.2) is 4.90 Å². The number of nitrogens with one attached hydrogen (secondary N) is 1. The van der Waals surface area contributed by atoms with E-state index >= 15 is 0 Å². The van der Waals surface area contributed by atoms with Gasteiger partial charge >= 0.3 is 0 Å². The van der Waals surface area contributed by atoms with Gasteiger partial charge in [-0.2, -0.15) is 0 Å². The molecule has 22 heavy (non-hydrogen) atoms. The minimum absolute atomic E-state index is 0.0271. The number of hydrogen-bond acceptors (Lipinski definition) is 2. The molecule has 0 saturated carbocycles. The van der Waals surface area contributed by atoms with Gasteiger partial charge < -0.3 is 0 Å². The van der Waals surface area contributed by atoms with E-state index in [1.807, 2.05) is 18.2 Å². The number of aryl methyl sites for hydroxylation is 1. The maximum absolute atomic E-state index is 13.6. The Kier molecular flexibility index (Phi) is 3.97. The van der Waals surface area contributed by atoms with Crippen LogP contribution in [0.15, 0.2) is 41.3 Å². The Bertz CT molecular complexity index is 799. The van der Waals surface area contributed by atoms with Gasteiger partial charge in [-0.1, -0.05) is 24.3 Å². The van der Waals surface area contributed by atoms with E-state index in [9.17, 15) is 17.2 Å². The fraction of sp³-hybridized carbons (Fsp3) is 0.250. The summed E-state index contributed by atoms with van der Waals surface area (Å²) in [7, 11) is -4.24. The monoisotopic (exact) mass is 323 g/mol. The zero-order valence-corrected chi connectivity index (χ0v) is 12.6. The highest BCUT2D eigenvalue weighted by molar-refractivity contribution is 7.89. The van der Waals surface area contributed by atoms with E-state index in [2.05, 4.69) is 4.72 Å². The van der Waals surface area contributed by atoms with Gasteiger partial charge in [0.05, 0.1) is 0 Å². The molecule has 0 atom stereocenters. The first-order valence-corrected chi connectivity index (χ1v) is 8.50. The van der Waals surface area contributed by atoms with Gasteiger partial charge in [-0.25, -0.2) is 21.9 Å². The molecule has 0 fully saturated rings. The Balaban J connectivity index is 1.86. The second-order valence-electron chi connectivity index (χ2n) is 5.28. The minimum atomic E-state index is -4.24. The zero-order valence-electron chi connectivity index (χ0n) is 11.8. The smallest absolute Gasteiger partial charge is 0.207 e. The summed E-state index contributed by atoms with van der Waals surface area (Å²) in [6.45, 7) is 0.0271. The van der Waals surface area contributed by atoms with E-state index < -0.39 is 26.6 Å². The number of hydrogen-bond donors (Lipinski definition) is 1. The summed E-state index contributed by atoms with van der Waals surface area (Å²) in [6, 6.07) is 8.72. The summed E-state index contributed by atoms with van der Waals surface area (Å²) in [4.78, 5) is -0.928. The standard InChI is InChI=1S/C16H15F2NO2S/c17-14-8-3-9-15(18)16(14)22(20,21)19-10-12-6-1-4-11-5-2-7-13(11)12/h1,3-4,6,8-9,19H,2,5,7,10H2. The fourth-order valence-corrected chi connectivity index (χ4v) is 3.99. The normalized spacial score (nSPS) is 14.1. The Morgan fingerprint density at radius 1 is 1.00 bits per heavy atom. The van der Waals surface area contributed by atoms with E-state index in [0.29, 0.717) is 0 Å². The second kappa shape index (κ2) is 5.78. The van der Waals surface area contributed by atoms with E-state index in [4.69, 9.17) is 0 Å². The van der Waals surface area contributed by atoms with Crippen LogP contribution >= 0.6 is 0 Å². The molecule has 1 aliphatic carbocycles. The summed E-state index contributed by atoms with van der Waals surface area (Å²) >= 11 is 0. The van der Waals surface area contributed by atoms with Crippen molar-refractivity contribution in [2.75, 3.05) is 0 Å². The van der Waals surface area contributed by atoms with Gasteiger partial charge in [0.1, 0.15) is 11.6 Å². The van der Waals surface area contributed by atoms with Crippen molar-refractivity contribution in [3.63, 3.8) is 0 Å². The van der Waals surface area contributed by atoms with Crippen LogP contribution in [0.5, 0.6) is 0 Å². The molecule has 0 saturated heterocycles. The number of rotatable bonds is 4. The summed E-state index contributed by atoms with van der Waals surface area (Å²) in [5.74, 6) is -2.18. The molecule has 0 amide bonds. The van der Waals surface area contributed by atoms with Crippen LogP contribution in [0.3, 0.4) is 0 Å². The van der Waals surface area contributed by atoms with Gasteiger partial charge in [0.25, 0.3) is 0 Å². The van der Waals surface area contributed by atoms with Gasteiger partial charge in [0, 0.05) is 6.54 Å². The first-order valence-electron chi connectivity index (χ1n) is 7.02. The van der Waals surface area contributed by atoms with Crippen molar-refractivity contribution < 1.29 is 17.2 Å². The molecule has 0 aromatic heterocycles. The molecule has 0 spiro atoms. The molecule has 116 valence electrons. The van der Waals surface area contributed by atoms with Crippen LogP contribution in [0.4, 0.5) is 8.78 Å². The summed E-state index contributed by atoms with van der Waals surface area (Å²) < 4.78 is 53.9. The van der Waals surface area contributed by atoms with Gasteiger partial charge in [-0.05, 0) is 48.1 Å². The summed E-state index contributed by atoms with van der Waals surface area (Å²) in [5.41, 5.74) is 3.21. The molecule has 2 aromatic carbocycles. The molecular weight excluding hydrogens is 308 g/mol. The van der Waals surface area contributed by atoms with Gasteiger partial charge in [-0.15, -0.1) is 0 Å². The molecule has 1 aliphatic rings. The lowest BCUT2D eigenvalue weighted by atomic mass is 10.0. The number of halogens is 2. The van der Waals surface area contributed by atoms with Crippen molar-refractivity contribution in [2.45, 2.75) is 30.7 Å². The second-order valence-corrected chi connectivity index (χ2v) is 6.99. The SMILES string of the molecule is O=S(=O)(NCc1cccc2c1CCC2)c1c(F)cccc1F. The Morgan fingerprint density at radius 2 is 1.68 bits per heavy atom. The van der Waals surface area contributed by atoms with Crippen molar-refractivity contribution in [3.05, 3.63) is 64.7 Å². The Morgan fingerprint density at radius 3 is 2.41 bits per heavy atom. The molecule has 0 bridgehead atoms. The van der Waals surface area contributed by atoms with Crippen LogP contribution in [0.25, 0.3) is 0 Å². The minimum Gasteiger partial charge on any atom is -0.207 e. The molecular formula is C16H15F2NO2S. The Labute approximate surface area is 128 Å². The van der Waals surface area contributed by atoms with E-state index in [0.717, 1.165) is 48.6 Å². The average Bonchev–Trinajstić information content (AvgIpc) is 2.93. The quantitative estimate of drug-likeness (QED) is 0.940. The van der Waals surface area contributed by atoms with Gasteiger partial charge in [-0.3, -0.25) is 0 Å². The lowest BCUT2D eigenvalue weighted by Gasteiger charge is -2.11. The maximum atomic E-state index is 13.6. The van der Waals surface area contributed by atoms with Crippen LogP contribution in [0.1, 0.15) is 23.1 Å². The number of benzene rings is 2. The van der Waals surface area contributed by atoms with Crippen LogP contribution in [-0.4, -0.2) is 8.42 Å². The first kappa shape index (κ1) is 15.1. The average molecular weight is 323 g/mol. The predicted molar refractivity (Wildman–Crippen MR) is 78.9 cm³/mol. The first-order chi connectivity index (χ1) is 10.5. The van der Waals surface area contributed by atoms with Crippen molar-refractivity contribution in [2.24, 2.45) is 0 Å². The van der Waals surface area contributed by atoms with Crippen molar-refractivity contribution in [3.8, 4) is 0 Å². The molecule has 0 radical (unpaired) electrons. The fourth-order valence-electron chi connectivity index (χ4n) is 2.85. The Hall–Kier alpha value is -1.79. The van der Waals surface area contributed by atoms with Crippen LogP contribution in [0.2, 0.25) is 0 Å². The van der Waals surface area contributed by atoms with Crippen LogP contribution in [0, 0.1) is 11.6 Å². The zero-order chi connectivity index (χ0) is 15.7. The molecule has 1 N–H and O–H groups in total. The third kappa shape index (κ3) is 2.76. The molecule has 3 rings (SSSR count). The lowest BCUT2D eigenvalue weighted by molar-refractivity contribution is 0.513. The molecule has 0 heterocycles. The molecule has 3 nitrogen and oxygen atoms in total. The highest BCUT2D eigenvalue weighted by Crippen LogP contribution is 2.26. The number of sulfonamides is 1. The van der Waals surface area contributed by atoms with Crippen molar-refractivity contribution in [1.29, 1.82) is 0 Å². The third-order valence-electron chi connectivity index (χ3n) is 3.88. The lowest BCUT2D eigenvalue weighted by Crippen LogP contribution is -2.25. The highest BCUT2D eigenvalue weighted by Gasteiger charge is 2.24. The van der Waals surface area contributed by atoms with E-state index in [1.54, 1.807) is 0 Å². The number of fused-ring (bicyclic) bond motifs is 1. The van der Waals surface area contributed by atoms with Crippen LogP contribution < -0.4 is 4.72 Å². The molecule has 0 aliphatic heterocycles. The van der Waals surface area contributed by atoms with Gasteiger partial charge in [0.2, 0.25) is 10.0 Å². The highest BCUT2D eigenvalue weighted by atomic mass is 32.2. The molecule has 6 heteroatoms. The summed E-state index contributed by atoms with van der Waals surface area (Å²) in [5, 5.41) is 0. The van der Waals surface area contributed by atoms with Crippen LogP contribution in [-0.2, 0) is 29.4 Å². The van der Waals surface area contributed by atoms with Crippen molar-refractivity contribution >= 4 is 10.0 Å². The molecule has 2 aromatic rings. The van der Waals surface area contributed by atoms with Crippen molar-refractivity contribution in [1.82, 2.24) is 4.72 Å². The van der Waals surface area contributed by atoms with E-state index in [-0.39, 0.29) is 6.54 Å². The predicted octanol–water partition coefficient (Wildman–Crippen LogP) is 2.93.